The molecular weight excluding hydrogens is 578 g/mol. The van der Waals surface area contributed by atoms with Gasteiger partial charge in [-0.25, -0.2) is 8.42 Å². The van der Waals surface area contributed by atoms with Crippen molar-refractivity contribution in [2.75, 3.05) is 0 Å². The second-order valence-electron chi connectivity index (χ2n) is 8.89. The first-order valence-electron chi connectivity index (χ1n) is 11.5. The van der Waals surface area contributed by atoms with E-state index in [0.717, 1.165) is 5.56 Å². The molecule has 40 heavy (non-hydrogen) atoms. The number of fused-ring (bicyclic) bond motifs is 2. The summed E-state index contributed by atoms with van der Waals surface area (Å²) >= 11 is 0. The first kappa shape index (κ1) is 29.5. The number of hydrogen-bond donors (Lipinski definition) is 0. The van der Waals surface area contributed by atoms with E-state index >= 15 is 0 Å². The molecule has 0 amide bonds. The zero-order valence-electron chi connectivity index (χ0n) is 20.5. The molecule has 0 N–H and O–H groups in total. The lowest BCUT2D eigenvalue weighted by atomic mass is 9.91. The Bertz CT molecular complexity index is 1630. The Morgan fingerprint density at radius 3 is 1.95 bits per heavy atom. The summed E-state index contributed by atoms with van der Waals surface area (Å²) in [5.41, 5.74) is -1.55. The quantitative estimate of drug-likeness (QED) is 0.111. The van der Waals surface area contributed by atoms with E-state index in [-0.39, 0.29) is 29.9 Å². The van der Waals surface area contributed by atoms with Crippen molar-refractivity contribution in [2.24, 2.45) is 5.92 Å². The van der Waals surface area contributed by atoms with Crippen LogP contribution in [0.15, 0.2) is 106 Å². The predicted octanol–water partition coefficient (Wildman–Crippen LogP) is 6.50. The molecule has 210 valence electrons. The van der Waals surface area contributed by atoms with Crippen LogP contribution in [0.25, 0.3) is 0 Å². The van der Waals surface area contributed by atoms with Crippen LogP contribution >= 0.6 is 0 Å². The fourth-order valence-electron chi connectivity index (χ4n) is 4.20. The number of alkyl halides is 6. The highest BCUT2D eigenvalue weighted by Crippen LogP contribution is 2.37. The van der Waals surface area contributed by atoms with Gasteiger partial charge < -0.3 is 4.55 Å². The van der Waals surface area contributed by atoms with Crippen LogP contribution in [0, 0.1) is 12.8 Å². The van der Waals surface area contributed by atoms with Crippen molar-refractivity contribution in [2.45, 2.75) is 34.0 Å². The Labute approximate surface area is 228 Å². The molecule has 2 unspecified atom stereocenters. The number of thiol groups is 1. The molecule has 1 aliphatic carbocycles. The third-order valence-electron chi connectivity index (χ3n) is 6.09. The van der Waals surface area contributed by atoms with Crippen LogP contribution in [0.2, 0.25) is 0 Å². The maximum atomic E-state index is 12.8. The molecule has 0 saturated heterocycles. The Kier molecular flexibility index (Phi) is 7.99. The van der Waals surface area contributed by atoms with Gasteiger partial charge in [0.2, 0.25) is 0 Å². The van der Waals surface area contributed by atoms with E-state index in [2.05, 4.69) is 49.4 Å². The first-order valence-corrected chi connectivity index (χ1v) is 14.3. The number of halogens is 6. The molecule has 0 spiro atoms. The van der Waals surface area contributed by atoms with Gasteiger partial charge in [0, 0.05) is 0 Å². The molecule has 0 aromatic heterocycles. The fraction of sp³-hybridized carbons (Fsp3) is 0.143. The molecule has 3 aromatic rings. The highest BCUT2D eigenvalue weighted by Gasteiger charge is 2.38. The predicted molar refractivity (Wildman–Crippen MR) is 138 cm³/mol. The highest BCUT2D eigenvalue weighted by molar-refractivity contribution is 7.97. The summed E-state index contributed by atoms with van der Waals surface area (Å²) in [6, 6.07) is 16.3. The molecular formula is C28H20F6O4S2. The molecule has 3 aromatic carbocycles. The summed E-state index contributed by atoms with van der Waals surface area (Å²) in [6.07, 6.45) is -2.16. The Balaban J connectivity index is 0.000000190. The van der Waals surface area contributed by atoms with Crippen molar-refractivity contribution in [1.29, 1.82) is 0 Å². The average Bonchev–Trinajstić information content (AvgIpc) is 2.88. The molecule has 5 rings (SSSR count). The van der Waals surface area contributed by atoms with Gasteiger partial charge in [-0.15, -0.1) is 0 Å². The fourth-order valence-corrected chi connectivity index (χ4v) is 7.43. The van der Waals surface area contributed by atoms with E-state index in [0.29, 0.717) is 0 Å². The minimum atomic E-state index is -5.42. The molecule has 1 aliphatic heterocycles. The van der Waals surface area contributed by atoms with E-state index in [9.17, 15) is 44.1 Å². The van der Waals surface area contributed by atoms with Crippen LogP contribution in [0.1, 0.15) is 27.0 Å². The maximum absolute atomic E-state index is 12.8. The lowest BCUT2D eigenvalue weighted by Gasteiger charge is -2.23. The Morgan fingerprint density at radius 2 is 1.40 bits per heavy atom. The van der Waals surface area contributed by atoms with Gasteiger partial charge in [0.05, 0.1) is 21.6 Å². The van der Waals surface area contributed by atoms with E-state index in [1.54, 1.807) is 0 Å². The van der Waals surface area contributed by atoms with Gasteiger partial charge in [0.1, 0.15) is 30.7 Å². The number of rotatable bonds is 2. The summed E-state index contributed by atoms with van der Waals surface area (Å²) in [7, 11) is -6.04. The standard InChI is InChI=1S/C20H16OS.C8H4F6O3S/c1-14-10-12-15(13-11-14)22-18-8-4-2-6-16(18)20(21)17-7-3-5-9-19(17)22;9-7(10,11)4-1-5(8(12,13)14)3-6(2-4)18(15,16)17/h2-13,16H,1H3;1-3H,(H,15,16,17). The van der Waals surface area contributed by atoms with Crippen LogP contribution in [-0.2, 0) is 33.0 Å². The van der Waals surface area contributed by atoms with Crippen molar-refractivity contribution < 1.29 is 44.1 Å². The minimum absolute atomic E-state index is 0.0904. The Hall–Kier alpha value is -3.48. The SMILES string of the molecule is Cc1ccc([SH+]2=C3C=CC=CC3C(=O)c3ccccc32)cc1.O=S(=O)([O-])c1cc(C(F)(F)F)cc(C(F)(F)F)c1. The Morgan fingerprint density at radius 1 is 0.825 bits per heavy atom. The first-order chi connectivity index (χ1) is 18.6. The van der Waals surface area contributed by atoms with Crippen molar-refractivity contribution >= 4 is 31.3 Å². The third-order valence-corrected chi connectivity index (χ3v) is 9.54. The van der Waals surface area contributed by atoms with Gasteiger partial charge in [-0.05, 0) is 55.5 Å². The van der Waals surface area contributed by atoms with Gasteiger partial charge in [-0.3, -0.25) is 4.79 Å². The second kappa shape index (κ2) is 10.8. The van der Waals surface area contributed by atoms with Crippen molar-refractivity contribution in [3.05, 3.63) is 113 Å². The van der Waals surface area contributed by atoms with Gasteiger partial charge in [0.15, 0.2) is 5.78 Å². The largest absolute Gasteiger partial charge is 0.744 e. The molecule has 4 nitrogen and oxygen atoms in total. The summed E-state index contributed by atoms with van der Waals surface area (Å²) < 4.78 is 105. The number of carbonyl (C=O) groups excluding carboxylic acids is 1. The number of Topliss-reactive ketones (excluding diaryl/α,β-unsaturated/α-hetero) is 1. The van der Waals surface area contributed by atoms with Crippen molar-refractivity contribution in [3.63, 3.8) is 0 Å². The number of carbonyl (C=O) groups is 1. The van der Waals surface area contributed by atoms with Crippen molar-refractivity contribution in [3.8, 4) is 0 Å². The van der Waals surface area contributed by atoms with Crippen LogP contribution in [0.4, 0.5) is 26.3 Å². The lowest BCUT2D eigenvalue weighted by Crippen LogP contribution is -2.31. The average molecular weight is 599 g/mol. The maximum Gasteiger partial charge on any atom is 0.416 e. The van der Waals surface area contributed by atoms with Crippen LogP contribution in [-0.4, -0.2) is 23.6 Å². The van der Waals surface area contributed by atoms with Gasteiger partial charge in [-0.2, -0.15) is 26.3 Å². The van der Waals surface area contributed by atoms with Crippen LogP contribution in [0.3, 0.4) is 0 Å². The molecule has 12 heteroatoms. The molecule has 1 heterocycles. The van der Waals surface area contributed by atoms with Gasteiger partial charge in [0.25, 0.3) is 0 Å². The zero-order chi connectivity index (χ0) is 29.5. The van der Waals surface area contributed by atoms with Crippen LogP contribution in [0.5, 0.6) is 0 Å². The molecule has 2 aliphatic rings. The van der Waals surface area contributed by atoms with E-state index in [1.807, 2.05) is 30.4 Å². The summed E-state index contributed by atoms with van der Waals surface area (Å²) in [5.74, 6) is 0.143. The summed E-state index contributed by atoms with van der Waals surface area (Å²) in [5, 5.41) is 0. The second-order valence-corrected chi connectivity index (χ2v) is 12.5. The number of aryl methyl sites for hydroxylation is 1. The summed E-state index contributed by atoms with van der Waals surface area (Å²) in [4.78, 5) is 15.0. The number of benzene rings is 3. The van der Waals surface area contributed by atoms with Crippen LogP contribution < -0.4 is 0 Å². The third kappa shape index (κ3) is 6.29. The van der Waals surface area contributed by atoms with Gasteiger partial charge in [-0.1, -0.05) is 58.5 Å². The van der Waals surface area contributed by atoms with E-state index in [1.165, 1.54) is 20.2 Å². The monoisotopic (exact) mass is 598 g/mol. The molecule has 0 bridgehead atoms. The van der Waals surface area contributed by atoms with E-state index < -0.39 is 49.0 Å². The summed E-state index contributed by atoms with van der Waals surface area (Å²) in [6.45, 7) is 2.11. The normalized spacial score (nSPS) is 18.5. The van der Waals surface area contributed by atoms with Gasteiger partial charge >= 0.3 is 12.4 Å². The number of hydrogen-bond acceptors (Lipinski definition) is 4. The molecule has 0 fully saturated rings. The minimum Gasteiger partial charge on any atom is -0.744 e. The number of ketones is 1. The molecule has 0 saturated carbocycles. The molecule has 0 radical (unpaired) electrons. The molecule has 2 atom stereocenters. The lowest BCUT2D eigenvalue weighted by molar-refractivity contribution is -0.143. The zero-order valence-corrected chi connectivity index (χ0v) is 22.2. The highest BCUT2D eigenvalue weighted by atomic mass is 32.2. The van der Waals surface area contributed by atoms with Crippen molar-refractivity contribution in [1.82, 2.24) is 0 Å². The topological polar surface area (TPSA) is 74.3 Å². The smallest absolute Gasteiger partial charge is 0.416 e. The van der Waals surface area contributed by atoms with E-state index in [4.69, 9.17) is 0 Å². The number of allylic oxidation sites excluding steroid dienone is 4.